The van der Waals surface area contributed by atoms with E-state index in [1.165, 1.54) is 32.1 Å². The molecular formula is C25H30ClN3O4S. The summed E-state index contributed by atoms with van der Waals surface area (Å²) < 4.78 is 0. The fourth-order valence-corrected chi connectivity index (χ4v) is 6.05. The van der Waals surface area contributed by atoms with Crippen LogP contribution in [0.4, 0.5) is 4.79 Å². The number of nitrogens with one attached hydrogen (secondary N) is 1. The molecule has 2 heterocycles. The molecule has 2 aliphatic heterocycles. The first kappa shape index (κ1) is 24.8. The van der Waals surface area contributed by atoms with Crippen molar-refractivity contribution in [3.63, 3.8) is 0 Å². The Kier molecular flexibility index (Phi) is 8.32. The van der Waals surface area contributed by atoms with Crippen molar-refractivity contribution in [2.24, 2.45) is 5.92 Å². The molecule has 1 saturated carbocycles. The van der Waals surface area contributed by atoms with Crippen LogP contribution in [0.15, 0.2) is 34.7 Å². The van der Waals surface area contributed by atoms with E-state index in [2.05, 4.69) is 5.32 Å². The summed E-state index contributed by atoms with van der Waals surface area (Å²) in [6.45, 7) is 1.23. The number of hydrogen-bond donors (Lipinski definition) is 1. The zero-order chi connectivity index (χ0) is 24.1. The van der Waals surface area contributed by atoms with Crippen molar-refractivity contribution in [1.82, 2.24) is 15.1 Å². The topological polar surface area (TPSA) is 86.8 Å². The van der Waals surface area contributed by atoms with Crippen LogP contribution in [0.2, 0.25) is 5.02 Å². The van der Waals surface area contributed by atoms with E-state index < -0.39 is 11.1 Å². The first-order valence-corrected chi connectivity index (χ1v) is 13.2. The van der Waals surface area contributed by atoms with Crippen LogP contribution in [0.25, 0.3) is 0 Å². The molecule has 0 spiro atoms. The Morgan fingerprint density at radius 3 is 2.47 bits per heavy atom. The maximum absolute atomic E-state index is 12.9. The smallest absolute Gasteiger partial charge is 0.294 e. The second kappa shape index (κ2) is 11.4. The summed E-state index contributed by atoms with van der Waals surface area (Å²) in [6, 6.07) is 6.94. The van der Waals surface area contributed by atoms with Gasteiger partial charge in [-0.1, -0.05) is 55.8 Å². The number of likely N-dealkylation sites (tertiary alicyclic amines) is 1. The lowest BCUT2D eigenvalue weighted by atomic mass is 9.87. The van der Waals surface area contributed by atoms with Gasteiger partial charge in [-0.3, -0.25) is 24.1 Å². The number of piperidine rings is 1. The number of thioether (sulfide) groups is 1. The quantitative estimate of drug-likeness (QED) is 0.573. The number of amides is 4. The predicted molar refractivity (Wildman–Crippen MR) is 133 cm³/mol. The highest BCUT2D eigenvalue weighted by Gasteiger charge is 2.39. The summed E-state index contributed by atoms with van der Waals surface area (Å²) >= 11 is 7.05. The lowest BCUT2D eigenvalue weighted by Crippen LogP contribution is -2.40. The summed E-state index contributed by atoms with van der Waals surface area (Å²) in [5.41, 5.74) is 1.33. The maximum Gasteiger partial charge on any atom is 0.294 e. The molecular weight excluding hydrogens is 474 g/mol. The van der Waals surface area contributed by atoms with Crippen molar-refractivity contribution >= 4 is 46.3 Å². The Hall–Kier alpha value is -2.32. The first-order valence-electron chi connectivity index (χ1n) is 12.0. The number of imide groups is 1. The van der Waals surface area contributed by atoms with Gasteiger partial charge >= 0.3 is 0 Å². The van der Waals surface area contributed by atoms with Crippen LogP contribution in [0.3, 0.4) is 0 Å². The average Bonchev–Trinajstić information content (AvgIpc) is 3.13. The molecule has 34 heavy (non-hydrogen) atoms. The third kappa shape index (κ3) is 5.84. The zero-order valence-corrected chi connectivity index (χ0v) is 20.8. The van der Waals surface area contributed by atoms with Gasteiger partial charge in [0.1, 0.15) is 6.54 Å². The molecule has 0 bridgehead atoms. The Morgan fingerprint density at radius 2 is 1.76 bits per heavy atom. The van der Waals surface area contributed by atoms with E-state index in [0.717, 1.165) is 28.7 Å². The molecule has 182 valence electrons. The molecule has 1 aromatic carbocycles. The molecule has 1 aromatic rings. The summed E-state index contributed by atoms with van der Waals surface area (Å²) in [6.07, 6.45) is 8.22. The molecule has 4 rings (SSSR count). The normalized spacial score (nSPS) is 19.7. The zero-order valence-electron chi connectivity index (χ0n) is 19.2. The van der Waals surface area contributed by atoms with Gasteiger partial charge in [-0.15, -0.1) is 0 Å². The Labute approximate surface area is 209 Å². The van der Waals surface area contributed by atoms with Crippen molar-refractivity contribution in [3.8, 4) is 0 Å². The van der Waals surface area contributed by atoms with E-state index in [4.69, 9.17) is 11.6 Å². The second-order valence-corrected chi connectivity index (χ2v) is 10.5. The lowest BCUT2D eigenvalue weighted by Gasteiger charge is -2.29. The summed E-state index contributed by atoms with van der Waals surface area (Å²) in [5, 5.41) is 2.87. The highest BCUT2D eigenvalue weighted by Crippen LogP contribution is 2.36. The molecule has 7 nitrogen and oxygen atoms in total. The van der Waals surface area contributed by atoms with Gasteiger partial charge in [0.2, 0.25) is 5.91 Å². The van der Waals surface area contributed by atoms with Crippen molar-refractivity contribution in [3.05, 3.63) is 45.3 Å². The van der Waals surface area contributed by atoms with Crippen molar-refractivity contribution in [2.45, 2.75) is 51.4 Å². The van der Waals surface area contributed by atoms with Crippen molar-refractivity contribution in [2.75, 3.05) is 26.2 Å². The van der Waals surface area contributed by atoms with Gasteiger partial charge < -0.3 is 10.2 Å². The number of nitrogens with zero attached hydrogens (tertiary/aromatic N) is 2. The largest absolute Gasteiger partial charge is 0.355 e. The number of halogens is 1. The van der Waals surface area contributed by atoms with E-state index in [9.17, 15) is 19.2 Å². The molecule has 3 fully saturated rings. The average molecular weight is 504 g/mol. The van der Waals surface area contributed by atoms with Crippen molar-refractivity contribution < 1.29 is 19.2 Å². The second-order valence-electron chi connectivity index (χ2n) is 9.11. The lowest BCUT2D eigenvalue weighted by molar-refractivity contribution is -0.129. The number of carbonyl (C=O) groups is 4. The molecule has 0 aromatic heterocycles. The van der Waals surface area contributed by atoms with Gasteiger partial charge in [0.25, 0.3) is 17.1 Å². The maximum atomic E-state index is 12.9. The predicted octanol–water partition coefficient (Wildman–Crippen LogP) is 4.61. The number of carbonyl (C=O) groups excluding carboxylic acids is 4. The molecule has 0 atom stereocenters. The standard InChI is InChI=1S/C25H30ClN3O4S/c26-20-9-5-4-8-19(20)23(31)28-14-11-18(12-15-28)22-24(32)29(25(33)34-22)16-21(30)27-13-10-17-6-2-1-3-7-17/h4-5,8-9,17H,1-3,6-7,10-16H2,(H,27,30). The highest BCUT2D eigenvalue weighted by atomic mass is 35.5. The summed E-state index contributed by atoms with van der Waals surface area (Å²) in [4.78, 5) is 53.7. The minimum Gasteiger partial charge on any atom is -0.355 e. The number of hydrogen-bond acceptors (Lipinski definition) is 5. The van der Waals surface area contributed by atoms with Crippen LogP contribution >= 0.6 is 23.4 Å². The molecule has 2 saturated heterocycles. The van der Waals surface area contributed by atoms with Gasteiger partial charge in [0, 0.05) is 19.6 Å². The van der Waals surface area contributed by atoms with E-state index in [1.54, 1.807) is 29.2 Å². The number of benzene rings is 1. The van der Waals surface area contributed by atoms with Crippen LogP contribution < -0.4 is 5.32 Å². The highest BCUT2D eigenvalue weighted by molar-refractivity contribution is 8.18. The van der Waals surface area contributed by atoms with E-state index in [-0.39, 0.29) is 18.4 Å². The van der Waals surface area contributed by atoms with Crippen molar-refractivity contribution in [1.29, 1.82) is 0 Å². The van der Waals surface area contributed by atoms with Crippen LogP contribution in [-0.2, 0) is 9.59 Å². The summed E-state index contributed by atoms with van der Waals surface area (Å²) in [7, 11) is 0. The minimum atomic E-state index is -0.412. The Balaban J connectivity index is 1.29. The third-order valence-corrected chi connectivity index (χ3v) is 8.22. The molecule has 0 radical (unpaired) electrons. The minimum absolute atomic E-state index is 0.136. The Morgan fingerprint density at radius 1 is 1.06 bits per heavy atom. The monoisotopic (exact) mass is 503 g/mol. The molecule has 9 heteroatoms. The van der Waals surface area contributed by atoms with Crippen LogP contribution in [0.1, 0.15) is 61.7 Å². The van der Waals surface area contributed by atoms with Crippen LogP contribution in [0.5, 0.6) is 0 Å². The third-order valence-electron chi connectivity index (χ3n) is 6.83. The fourth-order valence-electron chi connectivity index (χ4n) is 4.85. The van der Waals surface area contributed by atoms with Gasteiger partial charge in [0.15, 0.2) is 0 Å². The molecule has 4 amide bonds. The first-order chi connectivity index (χ1) is 16.4. The summed E-state index contributed by atoms with van der Waals surface area (Å²) in [5.74, 6) is -0.183. The van der Waals surface area contributed by atoms with E-state index in [0.29, 0.717) is 53.9 Å². The molecule has 1 N–H and O–H groups in total. The Bertz CT molecular complexity index is 996. The van der Waals surface area contributed by atoms with Gasteiger partial charge in [-0.25, -0.2) is 0 Å². The van der Waals surface area contributed by atoms with Gasteiger partial charge in [-0.05, 0) is 54.6 Å². The van der Waals surface area contributed by atoms with Gasteiger partial charge in [-0.2, -0.15) is 0 Å². The van der Waals surface area contributed by atoms with Crippen LogP contribution in [-0.4, -0.2) is 58.9 Å². The van der Waals surface area contributed by atoms with Gasteiger partial charge in [0.05, 0.1) is 15.5 Å². The van der Waals surface area contributed by atoms with Crippen LogP contribution in [0, 0.1) is 5.92 Å². The SMILES string of the molecule is O=C(CN1C(=O)SC(=C2CCN(C(=O)c3ccccc3Cl)CC2)C1=O)NCCC1CCCCC1. The van der Waals surface area contributed by atoms with E-state index >= 15 is 0 Å². The molecule has 3 aliphatic rings. The molecule has 1 aliphatic carbocycles. The fraction of sp³-hybridized carbons (Fsp3) is 0.520. The molecule has 0 unspecified atom stereocenters. The number of rotatable bonds is 6. The van der Waals surface area contributed by atoms with E-state index in [1.807, 2.05) is 0 Å².